The molecule has 0 amide bonds. The predicted molar refractivity (Wildman–Crippen MR) is 57.6 cm³/mol. The number of carboxylic acid groups (broad SMARTS) is 1. The van der Waals surface area contributed by atoms with Crippen LogP contribution in [0.1, 0.15) is 19.3 Å². The van der Waals surface area contributed by atoms with Gasteiger partial charge in [0.15, 0.2) is 0 Å². The highest BCUT2D eigenvalue weighted by atomic mass is 32.2. The highest BCUT2D eigenvalue weighted by molar-refractivity contribution is 7.99. The fraction of sp³-hybridized carbons (Fsp3) is 0.900. The van der Waals surface area contributed by atoms with Gasteiger partial charge in [-0.1, -0.05) is 0 Å². The van der Waals surface area contributed by atoms with Gasteiger partial charge in [0, 0.05) is 6.04 Å². The van der Waals surface area contributed by atoms with Crippen molar-refractivity contribution >= 4 is 17.7 Å². The first kappa shape index (κ1) is 10.3. The zero-order chi connectivity index (χ0) is 9.97. The second-order valence-electron chi connectivity index (χ2n) is 4.27. The summed E-state index contributed by atoms with van der Waals surface area (Å²) in [4.78, 5) is 10.7. The number of thioether (sulfide) groups is 1. The molecular weight excluding hydrogens is 198 g/mol. The summed E-state index contributed by atoms with van der Waals surface area (Å²) in [6.45, 7) is 1.02. The van der Waals surface area contributed by atoms with Crippen molar-refractivity contribution < 1.29 is 9.90 Å². The number of hydrogen-bond acceptors (Lipinski definition) is 3. The van der Waals surface area contributed by atoms with E-state index in [-0.39, 0.29) is 12.0 Å². The van der Waals surface area contributed by atoms with E-state index in [9.17, 15) is 4.79 Å². The van der Waals surface area contributed by atoms with Crippen molar-refractivity contribution in [1.82, 2.24) is 5.32 Å². The summed E-state index contributed by atoms with van der Waals surface area (Å²) in [5.41, 5.74) is 0. The van der Waals surface area contributed by atoms with E-state index in [1.54, 1.807) is 0 Å². The van der Waals surface area contributed by atoms with Crippen molar-refractivity contribution in [3.8, 4) is 0 Å². The largest absolute Gasteiger partial charge is 0.481 e. The lowest BCUT2D eigenvalue weighted by Gasteiger charge is -2.34. The summed E-state index contributed by atoms with van der Waals surface area (Å²) in [6.07, 6.45) is 3.19. The van der Waals surface area contributed by atoms with Gasteiger partial charge in [-0.05, 0) is 43.2 Å². The van der Waals surface area contributed by atoms with Crippen LogP contribution in [0.3, 0.4) is 0 Å². The number of rotatable bonds is 4. The monoisotopic (exact) mass is 215 g/mol. The van der Waals surface area contributed by atoms with Crippen LogP contribution in [0, 0.1) is 11.8 Å². The van der Waals surface area contributed by atoms with Gasteiger partial charge in [0.2, 0.25) is 0 Å². The zero-order valence-corrected chi connectivity index (χ0v) is 9.05. The van der Waals surface area contributed by atoms with E-state index in [0.717, 1.165) is 25.3 Å². The second-order valence-corrected chi connectivity index (χ2v) is 5.42. The molecule has 1 aliphatic carbocycles. The molecule has 2 N–H and O–H groups in total. The summed E-state index contributed by atoms with van der Waals surface area (Å²) in [7, 11) is 0. The minimum Gasteiger partial charge on any atom is -0.481 e. The third kappa shape index (κ3) is 2.23. The van der Waals surface area contributed by atoms with Gasteiger partial charge < -0.3 is 10.4 Å². The molecule has 2 aliphatic rings. The average molecular weight is 215 g/mol. The molecule has 0 radical (unpaired) electrons. The normalized spacial score (nSPS) is 36.7. The zero-order valence-electron chi connectivity index (χ0n) is 8.24. The minimum atomic E-state index is -0.630. The smallest absolute Gasteiger partial charge is 0.308 e. The number of hydrogen-bond donors (Lipinski definition) is 2. The average Bonchev–Trinajstić information content (AvgIpc) is 2.53. The fourth-order valence-corrected chi connectivity index (χ4v) is 3.39. The molecule has 0 spiro atoms. The van der Waals surface area contributed by atoms with Crippen LogP contribution < -0.4 is 5.32 Å². The molecule has 4 heteroatoms. The number of nitrogens with one attached hydrogen (secondary N) is 1. The summed E-state index contributed by atoms with van der Waals surface area (Å²) in [6, 6.07) is 0.248. The topological polar surface area (TPSA) is 49.3 Å². The van der Waals surface area contributed by atoms with Gasteiger partial charge in [0.25, 0.3) is 0 Å². The van der Waals surface area contributed by atoms with Crippen LogP contribution in [-0.2, 0) is 4.79 Å². The first-order valence-electron chi connectivity index (χ1n) is 5.31. The van der Waals surface area contributed by atoms with Gasteiger partial charge >= 0.3 is 5.97 Å². The standard InChI is InChI=1S/C10H17NO2S/c12-10(13)8-1-2-9(8)11-5-7-3-4-14-6-7/h7-9,11H,1-6H2,(H,12,13). The highest BCUT2D eigenvalue weighted by Gasteiger charge is 2.36. The van der Waals surface area contributed by atoms with Gasteiger partial charge in [-0.15, -0.1) is 0 Å². The molecule has 2 fully saturated rings. The van der Waals surface area contributed by atoms with E-state index < -0.39 is 5.97 Å². The van der Waals surface area contributed by atoms with Crippen LogP contribution in [0.5, 0.6) is 0 Å². The van der Waals surface area contributed by atoms with Crippen molar-refractivity contribution in [2.75, 3.05) is 18.1 Å². The van der Waals surface area contributed by atoms with E-state index >= 15 is 0 Å². The van der Waals surface area contributed by atoms with Gasteiger partial charge in [-0.2, -0.15) is 11.8 Å². The predicted octanol–water partition coefficient (Wildman–Crippen LogP) is 1.19. The molecule has 80 valence electrons. The Bertz CT molecular complexity index is 216. The molecule has 1 saturated carbocycles. The Morgan fingerprint density at radius 1 is 1.43 bits per heavy atom. The quantitative estimate of drug-likeness (QED) is 0.739. The van der Waals surface area contributed by atoms with Crippen LogP contribution in [0.4, 0.5) is 0 Å². The molecule has 3 unspecified atom stereocenters. The second kappa shape index (κ2) is 4.53. The number of carbonyl (C=O) groups is 1. The molecule has 0 aromatic carbocycles. The molecule has 2 rings (SSSR count). The van der Waals surface area contributed by atoms with Crippen molar-refractivity contribution in [2.24, 2.45) is 11.8 Å². The van der Waals surface area contributed by atoms with Crippen LogP contribution in [-0.4, -0.2) is 35.2 Å². The number of carboxylic acids is 1. The van der Waals surface area contributed by atoms with Crippen LogP contribution in [0.15, 0.2) is 0 Å². The Labute approximate surface area is 88.6 Å². The lowest BCUT2D eigenvalue weighted by Crippen LogP contribution is -2.49. The molecular formula is C10H17NO2S. The van der Waals surface area contributed by atoms with Crippen LogP contribution in [0.2, 0.25) is 0 Å². The molecule has 3 nitrogen and oxygen atoms in total. The van der Waals surface area contributed by atoms with Crippen LogP contribution >= 0.6 is 11.8 Å². The highest BCUT2D eigenvalue weighted by Crippen LogP contribution is 2.29. The van der Waals surface area contributed by atoms with E-state index in [0.29, 0.717) is 0 Å². The Kier molecular flexibility index (Phi) is 3.34. The lowest BCUT2D eigenvalue weighted by atomic mass is 9.79. The minimum absolute atomic E-state index is 0.121. The van der Waals surface area contributed by atoms with Crippen molar-refractivity contribution in [1.29, 1.82) is 0 Å². The Morgan fingerprint density at radius 3 is 2.79 bits per heavy atom. The first-order chi connectivity index (χ1) is 6.77. The van der Waals surface area contributed by atoms with Crippen LogP contribution in [0.25, 0.3) is 0 Å². The third-order valence-electron chi connectivity index (χ3n) is 3.28. The Hall–Kier alpha value is -0.220. The Balaban J connectivity index is 1.67. The molecule has 3 atom stereocenters. The maximum atomic E-state index is 10.7. The van der Waals surface area contributed by atoms with E-state index in [1.165, 1.54) is 17.9 Å². The van der Waals surface area contributed by atoms with Crippen molar-refractivity contribution in [3.05, 3.63) is 0 Å². The van der Waals surface area contributed by atoms with Gasteiger partial charge in [0.05, 0.1) is 5.92 Å². The van der Waals surface area contributed by atoms with Crippen molar-refractivity contribution in [2.45, 2.75) is 25.3 Å². The lowest BCUT2D eigenvalue weighted by molar-refractivity contribution is -0.146. The maximum Gasteiger partial charge on any atom is 0.308 e. The molecule has 1 aliphatic heterocycles. The summed E-state index contributed by atoms with van der Waals surface area (Å²) in [5.74, 6) is 2.55. The molecule has 14 heavy (non-hydrogen) atoms. The van der Waals surface area contributed by atoms with Crippen molar-refractivity contribution in [3.63, 3.8) is 0 Å². The molecule has 0 aromatic rings. The molecule has 1 heterocycles. The van der Waals surface area contributed by atoms with E-state index in [2.05, 4.69) is 5.32 Å². The molecule has 1 saturated heterocycles. The van der Waals surface area contributed by atoms with Gasteiger partial charge in [0.1, 0.15) is 0 Å². The maximum absolute atomic E-state index is 10.7. The Morgan fingerprint density at radius 2 is 2.29 bits per heavy atom. The fourth-order valence-electron chi connectivity index (χ4n) is 2.10. The summed E-state index contributed by atoms with van der Waals surface area (Å²) >= 11 is 2.01. The van der Waals surface area contributed by atoms with E-state index in [1.807, 2.05) is 11.8 Å². The number of aliphatic carboxylic acids is 1. The van der Waals surface area contributed by atoms with Gasteiger partial charge in [-0.3, -0.25) is 4.79 Å². The first-order valence-corrected chi connectivity index (χ1v) is 6.47. The SMILES string of the molecule is O=C(O)C1CCC1NCC1CCSC1. The molecule has 0 aromatic heterocycles. The summed E-state index contributed by atoms with van der Waals surface area (Å²) < 4.78 is 0. The molecule has 0 bridgehead atoms. The van der Waals surface area contributed by atoms with Gasteiger partial charge in [-0.25, -0.2) is 0 Å². The third-order valence-corrected chi connectivity index (χ3v) is 4.52. The van der Waals surface area contributed by atoms with E-state index in [4.69, 9.17) is 5.11 Å². The summed E-state index contributed by atoms with van der Waals surface area (Å²) in [5, 5.41) is 12.2.